The van der Waals surface area contributed by atoms with E-state index in [0.717, 1.165) is 34.2 Å². The van der Waals surface area contributed by atoms with Crippen LogP contribution in [0.5, 0.6) is 5.75 Å². The molecule has 0 aliphatic heterocycles. The quantitative estimate of drug-likeness (QED) is 0.281. The van der Waals surface area contributed by atoms with Crippen LogP contribution in [-0.4, -0.2) is 18.4 Å². The number of hydrogen-bond donors (Lipinski definition) is 3. The van der Waals surface area contributed by atoms with Crippen molar-refractivity contribution in [3.8, 4) is 5.75 Å². The summed E-state index contributed by atoms with van der Waals surface area (Å²) in [6.45, 7) is 1.41. The third-order valence-electron chi connectivity index (χ3n) is 3.90. The number of halogens is 2. The second-order valence-electron chi connectivity index (χ2n) is 6.21. The summed E-state index contributed by atoms with van der Waals surface area (Å²) in [5, 5.41) is 3.58. The van der Waals surface area contributed by atoms with Gasteiger partial charge in [0.1, 0.15) is 12.4 Å². The van der Waals surface area contributed by atoms with Crippen LogP contribution in [0.4, 0.5) is 0 Å². The summed E-state index contributed by atoms with van der Waals surface area (Å²) in [5.41, 5.74) is 12.5. The van der Waals surface area contributed by atoms with E-state index in [9.17, 15) is 4.79 Å². The summed E-state index contributed by atoms with van der Waals surface area (Å²) in [4.78, 5) is 15.8. The monoisotopic (exact) mass is 466 g/mol. The second-order valence-corrected chi connectivity index (χ2v) is 7.50. The lowest BCUT2D eigenvalue weighted by atomic mass is 10.2. The maximum absolute atomic E-state index is 11.9. The van der Waals surface area contributed by atoms with Crippen molar-refractivity contribution in [2.45, 2.75) is 32.4 Å². The fourth-order valence-corrected chi connectivity index (χ4v) is 3.24. The first-order chi connectivity index (χ1) is 13.4. The van der Waals surface area contributed by atoms with E-state index in [-0.39, 0.29) is 11.9 Å². The van der Waals surface area contributed by atoms with Gasteiger partial charge in [-0.3, -0.25) is 9.79 Å². The van der Waals surface area contributed by atoms with Gasteiger partial charge < -0.3 is 21.5 Å². The molecule has 0 fully saturated rings. The molecule has 0 aromatic heterocycles. The maximum atomic E-state index is 11.9. The Morgan fingerprint density at radius 3 is 2.75 bits per heavy atom. The fourth-order valence-electron chi connectivity index (χ4n) is 2.44. The van der Waals surface area contributed by atoms with E-state index in [0.29, 0.717) is 31.1 Å². The topological polar surface area (TPSA) is 103 Å². The molecule has 2 rings (SSSR count). The number of benzene rings is 2. The number of amides is 1. The maximum Gasteiger partial charge on any atom is 0.220 e. The fraction of sp³-hybridized carbons (Fsp3) is 0.300. The van der Waals surface area contributed by atoms with Crippen molar-refractivity contribution in [1.29, 1.82) is 0 Å². The smallest absolute Gasteiger partial charge is 0.220 e. The van der Waals surface area contributed by atoms with Crippen LogP contribution in [0, 0.1) is 0 Å². The van der Waals surface area contributed by atoms with Crippen molar-refractivity contribution in [3.05, 3.63) is 63.1 Å². The molecule has 0 spiro atoms. The number of nitrogens with zero attached hydrogens (tertiary/aromatic N) is 1. The highest BCUT2D eigenvalue weighted by atomic mass is 79.9. The molecule has 2 aromatic carbocycles. The molecule has 0 atom stereocenters. The molecule has 0 saturated carbocycles. The van der Waals surface area contributed by atoms with E-state index in [1.165, 1.54) is 0 Å². The lowest BCUT2D eigenvalue weighted by molar-refractivity contribution is -0.121. The van der Waals surface area contributed by atoms with E-state index >= 15 is 0 Å². The van der Waals surface area contributed by atoms with Crippen LogP contribution in [0.2, 0.25) is 5.02 Å². The molecule has 0 aliphatic rings. The third kappa shape index (κ3) is 8.19. The molecule has 2 aromatic rings. The number of nitrogens with two attached hydrogens (primary N) is 2. The first-order valence-electron chi connectivity index (χ1n) is 8.92. The predicted octanol–water partition coefficient (Wildman–Crippen LogP) is 3.74. The van der Waals surface area contributed by atoms with Crippen molar-refractivity contribution in [2.24, 2.45) is 16.5 Å². The Kier molecular flexibility index (Phi) is 9.10. The number of aliphatic imine (C=N–C) groups is 1. The highest BCUT2D eigenvalue weighted by Gasteiger charge is 2.05. The SMILES string of the molecule is NC(N)=NCCCCC(=O)NCc1cccc(OCc2ccc(Cl)cc2Br)c1. The average Bonchev–Trinajstić information content (AvgIpc) is 2.65. The lowest BCUT2D eigenvalue weighted by Crippen LogP contribution is -2.23. The molecule has 1 amide bonds. The lowest BCUT2D eigenvalue weighted by Gasteiger charge is -2.10. The third-order valence-corrected chi connectivity index (χ3v) is 4.88. The molecule has 150 valence electrons. The number of carbonyl (C=O) groups excluding carboxylic acids is 1. The second kappa shape index (κ2) is 11.6. The van der Waals surface area contributed by atoms with Gasteiger partial charge in [-0.2, -0.15) is 0 Å². The Bertz CT molecular complexity index is 826. The number of rotatable bonds is 10. The molecular formula is C20H24BrClN4O2. The molecular weight excluding hydrogens is 444 g/mol. The van der Waals surface area contributed by atoms with Crippen LogP contribution in [0.15, 0.2) is 51.9 Å². The average molecular weight is 468 g/mol. The Morgan fingerprint density at radius 1 is 1.18 bits per heavy atom. The summed E-state index contributed by atoms with van der Waals surface area (Å²) < 4.78 is 6.76. The van der Waals surface area contributed by atoms with Crippen molar-refractivity contribution < 1.29 is 9.53 Å². The van der Waals surface area contributed by atoms with Crippen LogP contribution in [0.3, 0.4) is 0 Å². The van der Waals surface area contributed by atoms with Crippen molar-refractivity contribution >= 4 is 39.4 Å². The van der Waals surface area contributed by atoms with Crippen LogP contribution < -0.4 is 21.5 Å². The molecule has 0 saturated heterocycles. The minimum Gasteiger partial charge on any atom is -0.489 e. The highest BCUT2D eigenvalue weighted by molar-refractivity contribution is 9.10. The molecule has 5 N–H and O–H groups in total. The number of unbranched alkanes of at least 4 members (excludes halogenated alkanes) is 1. The summed E-state index contributed by atoms with van der Waals surface area (Å²) in [5.74, 6) is 0.821. The molecule has 0 bridgehead atoms. The van der Waals surface area contributed by atoms with Gasteiger partial charge in [-0.1, -0.05) is 45.7 Å². The number of nitrogens with one attached hydrogen (secondary N) is 1. The van der Waals surface area contributed by atoms with Crippen LogP contribution in [0.1, 0.15) is 30.4 Å². The van der Waals surface area contributed by atoms with E-state index < -0.39 is 0 Å². The molecule has 0 heterocycles. The predicted molar refractivity (Wildman–Crippen MR) is 116 cm³/mol. The molecule has 0 unspecified atom stereocenters. The van der Waals surface area contributed by atoms with Gasteiger partial charge in [-0.05, 0) is 42.7 Å². The molecule has 0 radical (unpaired) electrons. The Morgan fingerprint density at radius 2 is 2.00 bits per heavy atom. The van der Waals surface area contributed by atoms with Crippen molar-refractivity contribution in [2.75, 3.05) is 6.54 Å². The number of carbonyl (C=O) groups is 1. The first kappa shape index (κ1) is 22.0. The summed E-state index contributed by atoms with van der Waals surface area (Å²) in [6, 6.07) is 13.2. The summed E-state index contributed by atoms with van der Waals surface area (Å²) in [7, 11) is 0. The summed E-state index contributed by atoms with van der Waals surface area (Å²) >= 11 is 9.44. The Balaban J connectivity index is 1.76. The zero-order valence-electron chi connectivity index (χ0n) is 15.5. The number of hydrogen-bond acceptors (Lipinski definition) is 3. The van der Waals surface area contributed by atoms with Gasteiger partial charge in [0.15, 0.2) is 5.96 Å². The van der Waals surface area contributed by atoms with Gasteiger partial charge in [-0.15, -0.1) is 0 Å². The van der Waals surface area contributed by atoms with Gasteiger partial charge in [-0.25, -0.2) is 0 Å². The largest absolute Gasteiger partial charge is 0.489 e. The zero-order chi connectivity index (χ0) is 20.4. The number of ether oxygens (including phenoxy) is 1. The van der Waals surface area contributed by atoms with Gasteiger partial charge >= 0.3 is 0 Å². The van der Waals surface area contributed by atoms with Gasteiger partial charge in [0.25, 0.3) is 0 Å². The van der Waals surface area contributed by atoms with E-state index in [2.05, 4.69) is 26.2 Å². The summed E-state index contributed by atoms with van der Waals surface area (Å²) in [6.07, 6.45) is 1.96. The Labute approximate surface area is 178 Å². The van der Waals surface area contributed by atoms with Crippen LogP contribution >= 0.6 is 27.5 Å². The standard InChI is InChI=1S/C20H24BrClN4O2/c21-18-11-16(22)8-7-15(18)13-28-17-5-3-4-14(10-17)12-26-19(27)6-1-2-9-25-20(23)24/h3-5,7-8,10-11H,1-2,6,9,12-13H2,(H,26,27)(H4,23,24,25). The molecule has 28 heavy (non-hydrogen) atoms. The normalized spacial score (nSPS) is 10.4. The van der Waals surface area contributed by atoms with Gasteiger partial charge in [0, 0.05) is 34.6 Å². The van der Waals surface area contributed by atoms with E-state index in [1.807, 2.05) is 42.5 Å². The Hall–Kier alpha value is -2.25. The van der Waals surface area contributed by atoms with E-state index in [4.69, 9.17) is 27.8 Å². The molecule has 0 aliphatic carbocycles. The van der Waals surface area contributed by atoms with Crippen LogP contribution in [0.25, 0.3) is 0 Å². The minimum atomic E-state index is 0.00103. The zero-order valence-corrected chi connectivity index (χ0v) is 17.8. The van der Waals surface area contributed by atoms with Crippen molar-refractivity contribution in [3.63, 3.8) is 0 Å². The van der Waals surface area contributed by atoms with Crippen molar-refractivity contribution in [1.82, 2.24) is 5.32 Å². The molecule has 8 heteroatoms. The van der Waals surface area contributed by atoms with Crippen LogP contribution in [-0.2, 0) is 17.9 Å². The first-order valence-corrected chi connectivity index (χ1v) is 10.1. The van der Waals surface area contributed by atoms with E-state index in [1.54, 1.807) is 0 Å². The van der Waals surface area contributed by atoms with Gasteiger partial charge in [0.2, 0.25) is 5.91 Å². The highest BCUT2D eigenvalue weighted by Crippen LogP contribution is 2.23. The minimum absolute atomic E-state index is 0.00103. The van der Waals surface area contributed by atoms with Gasteiger partial charge in [0.05, 0.1) is 0 Å². The molecule has 6 nitrogen and oxygen atoms in total. The number of guanidine groups is 1.